The van der Waals surface area contributed by atoms with Gasteiger partial charge in [0.25, 0.3) is 0 Å². The summed E-state index contributed by atoms with van der Waals surface area (Å²) in [5.41, 5.74) is 13.0. The Hall–Kier alpha value is -4.04. The Morgan fingerprint density at radius 2 is 1.10 bits per heavy atom. The Kier molecular flexibility index (Phi) is 18.8. The minimum absolute atomic E-state index is 0. The monoisotopic (exact) mass is 698 g/mol. The summed E-state index contributed by atoms with van der Waals surface area (Å²) in [6.45, 7) is 4.13. The fraction of sp³-hybridized carbons (Fsp3) is 0.0889. The van der Waals surface area contributed by atoms with E-state index >= 15 is 0 Å². The van der Waals surface area contributed by atoms with Gasteiger partial charge in [-0.3, -0.25) is 6.08 Å². The molecule has 6 aromatic rings. The number of hydrogen-bond donors (Lipinski definition) is 0. The van der Waals surface area contributed by atoms with Crippen molar-refractivity contribution in [2.45, 2.75) is 26.7 Å². The Morgan fingerprint density at radius 1 is 0.583 bits per heavy atom. The van der Waals surface area contributed by atoms with Crippen LogP contribution in [0.2, 0.25) is 0 Å². The van der Waals surface area contributed by atoms with Crippen molar-refractivity contribution in [3.8, 4) is 33.4 Å². The summed E-state index contributed by atoms with van der Waals surface area (Å²) in [6.07, 6.45) is 11.0. The Labute approximate surface area is 312 Å². The summed E-state index contributed by atoms with van der Waals surface area (Å²) < 4.78 is 0. The maximum Gasteiger partial charge on any atom is -0.0184 e. The molecular weight excluding hydrogens is 659 g/mol. The third-order valence-electron chi connectivity index (χ3n) is 7.36. The van der Waals surface area contributed by atoms with Crippen LogP contribution in [0.1, 0.15) is 28.7 Å². The normalized spacial score (nSPS) is 10.6. The van der Waals surface area contributed by atoms with Crippen LogP contribution in [0.4, 0.5) is 0 Å². The summed E-state index contributed by atoms with van der Waals surface area (Å²) in [7, 11) is 0. The van der Waals surface area contributed by atoms with E-state index in [0.717, 1.165) is 12.8 Å². The summed E-state index contributed by atoms with van der Waals surface area (Å²) in [5, 5.41) is 0. The largest absolute Gasteiger partial charge is 0.179 e. The van der Waals surface area contributed by atoms with Gasteiger partial charge in [0.2, 0.25) is 0 Å². The van der Waals surface area contributed by atoms with E-state index < -0.39 is 0 Å². The second-order valence-corrected chi connectivity index (χ2v) is 10.7. The Morgan fingerprint density at radius 3 is 1.54 bits per heavy atom. The summed E-state index contributed by atoms with van der Waals surface area (Å²) in [4.78, 5) is 3.25. The molecule has 8 rings (SSSR count). The average Bonchev–Trinajstić information content (AvgIpc) is 3.83. The predicted molar refractivity (Wildman–Crippen MR) is 208 cm³/mol. The van der Waals surface area contributed by atoms with Crippen LogP contribution in [0, 0.1) is 38.1 Å². The van der Waals surface area contributed by atoms with Crippen LogP contribution in [0.15, 0.2) is 158 Å². The van der Waals surface area contributed by atoms with Crippen molar-refractivity contribution in [2.24, 2.45) is 0 Å². The molecule has 0 saturated carbocycles. The zero-order valence-electron chi connectivity index (χ0n) is 27.4. The van der Waals surface area contributed by atoms with Gasteiger partial charge < -0.3 is 0 Å². The predicted octanol–water partition coefficient (Wildman–Crippen LogP) is 12.1. The molecule has 3 heteroatoms. The van der Waals surface area contributed by atoms with Crippen LogP contribution in [0.25, 0.3) is 33.4 Å². The van der Waals surface area contributed by atoms with Gasteiger partial charge in [-0.25, -0.2) is 12.2 Å². The number of aryl methyl sites for hydroxylation is 2. The van der Waals surface area contributed by atoms with E-state index in [1.807, 2.05) is 60.7 Å². The second kappa shape index (κ2) is 22.5. The maximum atomic E-state index is 3.52. The molecular formula is C45H40Cl2Ti-4. The molecule has 0 nitrogen and oxygen atoms in total. The zero-order chi connectivity index (χ0) is 32.4. The smallest absolute Gasteiger partial charge is 0.0184 e. The Balaban J connectivity index is 0.000000284. The van der Waals surface area contributed by atoms with Crippen molar-refractivity contribution < 1.29 is 20.0 Å². The van der Waals surface area contributed by atoms with Gasteiger partial charge in [-0.15, -0.1) is 42.4 Å². The SMILES string of the molecule is Cc1cc[c-]cc1.Cc1cc[c-]cc1.Cl.Cl.[C-]1=CC=CC1.[CH2]=[Ti].[c-]1cc(-c2ccccc2)cc2c1Cc1ccc(-c3ccccc3)cc1-2. The quantitative estimate of drug-likeness (QED) is 0.124. The molecule has 0 amide bonds. The first-order valence-corrected chi connectivity index (χ1v) is 16.5. The van der Waals surface area contributed by atoms with Crippen LogP contribution in [-0.2, 0) is 26.4 Å². The fourth-order valence-corrected chi connectivity index (χ4v) is 4.97. The molecule has 2 aliphatic rings. The van der Waals surface area contributed by atoms with Crippen molar-refractivity contribution in [1.82, 2.24) is 0 Å². The molecule has 6 aromatic carbocycles. The van der Waals surface area contributed by atoms with Crippen LogP contribution >= 0.6 is 24.8 Å². The first-order valence-electron chi connectivity index (χ1n) is 15.4. The molecule has 0 aliphatic heterocycles. The van der Waals surface area contributed by atoms with Gasteiger partial charge in [0.15, 0.2) is 0 Å². The van der Waals surface area contributed by atoms with Gasteiger partial charge in [-0.2, -0.15) is 102 Å². The Bertz CT molecular complexity index is 1680. The number of hydrogen-bond acceptors (Lipinski definition) is 0. The third kappa shape index (κ3) is 12.5. The van der Waals surface area contributed by atoms with Crippen molar-refractivity contribution in [3.05, 3.63) is 204 Å². The van der Waals surface area contributed by atoms with Crippen LogP contribution in [0.5, 0.6) is 0 Å². The van der Waals surface area contributed by atoms with E-state index in [2.05, 4.69) is 140 Å². The molecule has 0 saturated heterocycles. The van der Waals surface area contributed by atoms with Crippen molar-refractivity contribution >= 4 is 29.6 Å². The van der Waals surface area contributed by atoms with E-state index in [1.165, 1.54) is 55.6 Å². The molecule has 2 aliphatic carbocycles. The average molecular weight is 700 g/mol. The van der Waals surface area contributed by atoms with E-state index in [-0.39, 0.29) is 24.8 Å². The standard InChI is InChI=1S/C25H17.2C7H7.C5H5.CH2.2ClH.Ti/c1-3-7-18(8-4-1)20-11-13-22-15-23-14-12-21(17-25(23)24(22)16-20)19-9-5-2-6-10-19;2*1-7-5-3-2-4-6-7;1-2-4-5-3-1;;;;/h1-13,16-17H,15H2;2*3-6H,1H3;1-3H,4H2;1H2;2*1H;/q4*-1;;;;. The van der Waals surface area contributed by atoms with Crippen LogP contribution in [-0.4, -0.2) is 4.82 Å². The third-order valence-corrected chi connectivity index (χ3v) is 7.36. The molecule has 48 heavy (non-hydrogen) atoms. The topological polar surface area (TPSA) is 0 Å². The molecule has 0 unspecified atom stereocenters. The molecule has 0 radical (unpaired) electrons. The second-order valence-electron chi connectivity index (χ2n) is 10.7. The maximum absolute atomic E-state index is 3.52. The van der Waals surface area contributed by atoms with E-state index in [9.17, 15) is 0 Å². The van der Waals surface area contributed by atoms with E-state index in [4.69, 9.17) is 0 Å². The molecule has 0 N–H and O–H groups in total. The van der Waals surface area contributed by atoms with Crippen LogP contribution < -0.4 is 0 Å². The number of rotatable bonds is 2. The molecule has 0 heterocycles. The van der Waals surface area contributed by atoms with Gasteiger partial charge in [0.1, 0.15) is 0 Å². The van der Waals surface area contributed by atoms with Gasteiger partial charge in [0.05, 0.1) is 0 Å². The van der Waals surface area contributed by atoms with Gasteiger partial charge >= 0.3 is 24.8 Å². The fourth-order valence-electron chi connectivity index (χ4n) is 4.97. The molecule has 0 bridgehead atoms. The number of benzene rings is 6. The number of allylic oxidation sites excluding steroid dienone is 4. The van der Waals surface area contributed by atoms with Crippen molar-refractivity contribution in [1.29, 1.82) is 0 Å². The van der Waals surface area contributed by atoms with E-state index in [1.54, 1.807) is 20.0 Å². The van der Waals surface area contributed by atoms with Crippen LogP contribution in [0.3, 0.4) is 0 Å². The zero-order valence-corrected chi connectivity index (χ0v) is 30.6. The summed E-state index contributed by atoms with van der Waals surface area (Å²) in [5.74, 6) is 0. The number of halogens is 2. The van der Waals surface area contributed by atoms with E-state index in [0.29, 0.717) is 0 Å². The van der Waals surface area contributed by atoms with Crippen molar-refractivity contribution in [2.75, 3.05) is 0 Å². The van der Waals surface area contributed by atoms with Crippen molar-refractivity contribution in [3.63, 3.8) is 0 Å². The number of fused-ring (bicyclic) bond motifs is 3. The first-order chi connectivity index (χ1) is 22.7. The molecule has 0 aromatic heterocycles. The minimum atomic E-state index is 0. The van der Waals surface area contributed by atoms with Gasteiger partial charge in [-0.05, 0) is 17.5 Å². The summed E-state index contributed by atoms with van der Waals surface area (Å²) in [6, 6.07) is 57.6. The van der Waals surface area contributed by atoms with Gasteiger partial charge in [-0.1, -0.05) is 109 Å². The molecule has 0 spiro atoms. The minimum Gasteiger partial charge on any atom is -0.179 e. The summed E-state index contributed by atoms with van der Waals surface area (Å²) >= 11 is 1.75. The molecule has 0 fully saturated rings. The first kappa shape index (κ1) is 40.1. The molecule has 242 valence electrons. The van der Waals surface area contributed by atoms with Gasteiger partial charge in [0, 0.05) is 0 Å². The molecule has 0 atom stereocenters.